The van der Waals surface area contributed by atoms with Crippen molar-refractivity contribution in [1.29, 1.82) is 0 Å². The minimum Gasteiger partial charge on any atom is -0.494 e. The summed E-state index contributed by atoms with van der Waals surface area (Å²) in [6.45, 7) is 11.2. The van der Waals surface area contributed by atoms with Crippen LogP contribution in [-0.2, 0) is 26.2 Å². The van der Waals surface area contributed by atoms with Crippen LogP contribution in [0.25, 0.3) is 0 Å². The molecule has 0 fully saturated rings. The first-order valence-electron chi connectivity index (χ1n) is 13.4. The molecular formula is C31H39N3O5S. The maximum Gasteiger partial charge on any atom is 0.264 e. The van der Waals surface area contributed by atoms with Crippen molar-refractivity contribution in [2.75, 3.05) is 17.5 Å². The van der Waals surface area contributed by atoms with Gasteiger partial charge in [0, 0.05) is 12.6 Å². The van der Waals surface area contributed by atoms with E-state index in [0.29, 0.717) is 18.0 Å². The SMILES string of the molecule is CCOc1ccc(N(CC(=O)N(Cc2ccc(C)cc2)C(C)C(=O)NC(C)C)S(=O)(=O)c2ccc(C)cc2)cc1. The lowest BCUT2D eigenvalue weighted by Crippen LogP contribution is -2.52. The van der Waals surface area contributed by atoms with Crippen LogP contribution in [0.3, 0.4) is 0 Å². The van der Waals surface area contributed by atoms with Crippen molar-refractivity contribution >= 4 is 27.5 Å². The van der Waals surface area contributed by atoms with Crippen molar-refractivity contribution in [3.8, 4) is 5.75 Å². The van der Waals surface area contributed by atoms with Gasteiger partial charge in [-0.1, -0.05) is 47.5 Å². The predicted octanol–water partition coefficient (Wildman–Crippen LogP) is 4.84. The summed E-state index contributed by atoms with van der Waals surface area (Å²) in [5.41, 5.74) is 3.12. The molecule has 1 atom stereocenters. The molecule has 3 aromatic carbocycles. The Kier molecular flexibility index (Phi) is 10.3. The third kappa shape index (κ3) is 7.85. The summed E-state index contributed by atoms with van der Waals surface area (Å²) in [7, 11) is -4.12. The van der Waals surface area contributed by atoms with Crippen molar-refractivity contribution in [1.82, 2.24) is 10.2 Å². The Bertz CT molecular complexity index is 1390. The highest BCUT2D eigenvalue weighted by molar-refractivity contribution is 7.92. The number of ether oxygens (including phenoxy) is 1. The Morgan fingerprint density at radius 1 is 0.850 bits per heavy atom. The molecule has 0 saturated carbocycles. The van der Waals surface area contributed by atoms with Gasteiger partial charge in [0.15, 0.2) is 0 Å². The Hall–Kier alpha value is -3.85. The van der Waals surface area contributed by atoms with Crippen LogP contribution in [0.2, 0.25) is 0 Å². The number of aryl methyl sites for hydroxylation is 2. The number of carbonyl (C=O) groups excluding carboxylic acids is 2. The van der Waals surface area contributed by atoms with Crippen LogP contribution in [0.1, 0.15) is 44.4 Å². The highest BCUT2D eigenvalue weighted by atomic mass is 32.2. The van der Waals surface area contributed by atoms with E-state index in [4.69, 9.17) is 4.74 Å². The molecule has 214 valence electrons. The van der Waals surface area contributed by atoms with Gasteiger partial charge in [-0.15, -0.1) is 0 Å². The smallest absolute Gasteiger partial charge is 0.264 e. The fourth-order valence-electron chi connectivity index (χ4n) is 4.12. The second-order valence-corrected chi connectivity index (χ2v) is 12.0. The van der Waals surface area contributed by atoms with Crippen molar-refractivity contribution in [2.45, 2.75) is 65.1 Å². The van der Waals surface area contributed by atoms with Gasteiger partial charge in [0.25, 0.3) is 10.0 Å². The second-order valence-electron chi connectivity index (χ2n) is 10.1. The van der Waals surface area contributed by atoms with Gasteiger partial charge < -0.3 is 15.0 Å². The van der Waals surface area contributed by atoms with Crippen LogP contribution in [0, 0.1) is 13.8 Å². The van der Waals surface area contributed by atoms with Gasteiger partial charge >= 0.3 is 0 Å². The quantitative estimate of drug-likeness (QED) is 0.339. The monoisotopic (exact) mass is 565 g/mol. The van der Waals surface area contributed by atoms with E-state index < -0.39 is 28.5 Å². The normalized spacial score (nSPS) is 12.1. The van der Waals surface area contributed by atoms with Gasteiger partial charge in [-0.05, 0) is 83.5 Å². The molecule has 2 amide bonds. The summed E-state index contributed by atoms with van der Waals surface area (Å²) in [6, 6.07) is 19.8. The molecular weight excluding hydrogens is 526 g/mol. The molecule has 1 unspecified atom stereocenters. The van der Waals surface area contributed by atoms with Crippen molar-refractivity contribution in [3.63, 3.8) is 0 Å². The molecule has 3 rings (SSSR count). The average molecular weight is 566 g/mol. The van der Waals surface area contributed by atoms with Crippen molar-refractivity contribution in [2.24, 2.45) is 0 Å². The summed E-state index contributed by atoms with van der Waals surface area (Å²) in [6.07, 6.45) is 0. The fraction of sp³-hybridized carbons (Fsp3) is 0.355. The molecule has 0 heterocycles. The zero-order valence-electron chi connectivity index (χ0n) is 24.0. The molecule has 0 radical (unpaired) electrons. The van der Waals surface area contributed by atoms with Gasteiger partial charge in [0.1, 0.15) is 18.3 Å². The number of nitrogens with zero attached hydrogens (tertiary/aromatic N) is 2. The first-order valence-corrected chi connectivity index (χ1v) is 14.8. The number of hydrogen-bond acceptors (Lipinski definition) is 5. The molecule has 9 heteroatoms. The van der Waals surface area contributed by atoms with Gasteiger partial charge in [-0.25, -0.2) is 8.42 Å². The van der Waals surface area contributed by atoms with Crippen molar-refractivity contribution < 1.29 is 22.7 Å². The molecule has 0 aliphatic rings. The zero-order chi connectivity index (χ0) is 29.4. The number of rotatable bonds is 12. The maximum absolute atomic E-state index is 13.9. The molecule has 0 aliphatic carbocycles. The standard InChI is InChI=1S/C31H39N3O5S/c1-7-39-28-16-14-27(15-17-28)34(40(37,38)29-18-10-24(5)11-19-29)21-30(35)33(25(6)31(36)32-22(2)3)20-26-12-8-23(4)9-13-26/h8-19,22,25H,7,20-21H2,1-6H3,(H,32,36). The first-order chi connectivity index (χ1) is 18.9. The average Bonchev–Trinajstić information content (AvgIpc) is 2.91. The Morgan fingerprint density at radius 2 is 1.40 bits per heavy atom. The summed E-state index contributed by atoms with van der Waals surface area (Å²) in [5.74, 6) is -0.230. The summed E-state index contributed by atoms with van der Waals surface area (Å²) in [4.78, 5) is 28.4. The Balaban J connectivity index is 2.02. The summed E-state index contributed by atoms with van der Waals surface area (Å²) >= 11 is 0. The number of anilines is 1. The maximum atomic E-state index is 13.9. The zero-order valence-corrected chi connectivity index (χ0v) is 24.9. The minimum atomic E-state index is -4.12. The lowest BCUT2D eigenvalue weighted by molar-refractivity contribution is -0.139. The lowest BCUT2D eigenvalue weighted by Gasteiger charge is -2.32. The number of amides is 2. The van der Waals surface area contributed by atoms with Crippen LogP contribution >= 0.6 is 0 Å². The highest BCUT2D eigenvalue weighted by Crippen LogP contribution is 2.27. The number of hydrogen-bond donors (Lipinski definition) is 1. The van der Waals surface area contributed by atoms with E-state index in [1.54, 1.807) is 43.3 Å². The number of sulfonamides is 1. The van der Waals surface area contributed by atoms with Crippen LogP contribution in [0.4, 0.5) is 5.69 Å². The number of benzene rings is 3. The van der Waals surface area contributed by atoms with Crippen LogP contribution in [0.15, 0.2) is 77.7 Å². The number of carbonyl (C=O) groups is 2. The topological polar surface area (TPSA) is 96.0 Å². The molecule has 0 bridgehead atoms. The molecule has 40 heavy (non-hydrogen) atoms. The van der Waals surface area contributed by atoms with Gasteiger partial charge in [-0.3, -0.25) is 13.9 Å². The van der Waals surface area contributed by atoms with Gasteiger partial charge in [0.05, 0.1) is 17.2 Å². The predicted molar refractivity (Wildman–Crippen MR) is 158 cm³/mol. The van der Waals surface area contributed by atoms with Crippen LogP contribution in [-0.4, -0.2) is 50.4 Å². The molecule has 0 aromatic heterocycles. The van der Waals surface area contributed by atoms with E-state index in [1.165, 1.54) is 17.0 Å². The molecule has 0 saturated heterocycles. The third-order valence-corrected chi connectivity index (χ3v) is 8.18. The molecule has 0 aliphatic heterocycles. The van der Waals surface area contributed by atoms with E-state index in [1.807, 2.05) is 58.9 Å². The fourth-order valence-corrected chi connectivity index (χ4v) is 5.53. The van der Waals surface area contributed by atoms with Gasteiger partial charge in [-0.2, -0.15) is 0 Å². The number of nitrogens with one attached hydrogen (secondary N) is 1. The summed E-state index contributed by atoms with van der Waals surface area (Å²) < 4.78 is 34.4. The highest BCUT2D eigenvalue weighted by Gasteiger charge is 2.32. The third-order valence-electron chi connectivity index (χ3n) is 6.40. The second kappa shape index (κ2) is 13.5. The first kappa shape index (κ1) is 30.7. The molecule has 8 nitrogen and oxygen atoms in total. The van der Waals surface area contributed by atoms with Crippen LogP contribution < -0.4 is 14.4 Å². The molecule has 1 N–H and O–H groups in total. The van der Waals surface area contributed by atoms with Crippen molar-refractivity contribution in [3.05, 3.63) is 89.5 Å². The molecule has 3 aromatic rings. The molecule has 0 spiro atoms. The minimum absolute atomic E-state index is 0.0652. The van der Waals surface area contributed by atoms with E-state index >= 15 is 0 Å². The van der Waals surface area contributed by atoms with E-state index in [2.05, 4.69) is 5.32 Å². The van der Waals surface area contributed by atoms with E-state index in [-0.39, 0.29) is 23.4 Å². The Labute approximate surface area is 238 Å². The van der Waals surface area contributed by atoms with E-state index in [9.17, 15) is 18.0 Å². The van der Waals surface area contributed by atoms with Gasteiger partial charge in [0.2, 0.25) is 11.8 Å². The Morgan fingerprint density at radius 3 is 1.93 bits per heavy atom. The van der Waals surface area contributed by atoms with E-state index in [0.717, 1.165) is 21.0 Å². The van der Waals surface area contributed by atoms with Crippen LogP contribution in [0.5, 0.6) is 5.75 Å². The lowest BCUT2D eigenvalue weighted by atomic mass is 10.1. The summed E-state index contributed by atoms with van der Waals surface area (Å²) in [5, 5.41) is 2.86. The largest absolute Gasteiger partial charge is 0.494 e.